The third-order valence-electron chi connectivity index (χ3n) is 3.64. The van der Waals surface area contributed by atoms with E-state index >= 15 is 0 Å². The van der Waals surface area contributed by atoms with Gasteiger partial charge >= 0.3 is 0 Å². The van der Waals surface area contributed by atoms with Crippen molar-refractivity contribution in [3.63, 3.8) is 0 Å². The summed E-state index contributed by atoms with van der Waals surface area (Å²) in [5.74, 6) is 0.429. The van der Waals surface area contributed by atoms with Crippen LogP contribution in [0.25, 0.3) is 0 Å². The number of ether oxygens (including phenoxy) is 2. The second kappa shape index (κ2) is 6.51. The van der Waals surface area contributed by atoms with Gasteiger partial charge in [-0.15, -0.1) is 0 Å². The standard InChI is InChI=1S/C13H19BrN2O4S/c1-8-9(3-4-20-8)7-16-21(17,18)13-6-11(15)10(14)5-12(13)19-2/h5-6,8-9,16H,3-4,7,15H2,1-2H3. The third kappa shape index (κ3) is 3.68. The molecule has 1 heterocycles. The number of benzene rings is 1. The molecule has 0 aliphatic carbocycles. The maximum atomic E-state index is 12.4. The molecule has 0 saturated carbocycles. The molecule has 21 heavy (non-hydrogen) atoms. The van der Waals surface area contributed by atoms with Crippen LogP contribution in [-0.2, 0) is 14.8 Å². The van der Waals surface area contributed by atoms with Crippen LogP contribution in [0, 0.1) is 5.92 Å². The van der Waals surface area contributed by atoms with Crippen molar-refractivity contribution >= 4 is 31.6 Å². The van der Waals surface area contributed by atoms with Gasteiger partial charge in [-0.05, 0) is 41.4 Å². The van der Waals surface area contributed by atoms with Crippen molar-refractivity contribution in [2.45, 2.75) is 24.3 Å². The summed E-state index contributed by atoms with van der Waals surface area (Å²) in [7, 11) is -2.26. The molecule has 0 bridgehead atoms. The quantitative estimate of drug-likeness (QED) is 0.761. The molecule has 2 rings (SSSR count). The van der Waals surface area contributed by atoms with Crippen LogP contribution in [0.4, 0.5) is 5.69 Å². The number of hydrogen-bond acceptors (Lipinski definition) is 5. The number of nitrogens with two attached hydrogens (primary N) is 1. The van der Waals surface area contributed by atoms with Crippen molar-refractivity contribution in [2.75, 3.05) is 26.0 Å². The van der Waals surface area contributed by atoms with Crippen LogP contribution in [0.2, 0.25) is 0 Å². The molecule has 0 aromatic heterocycles. The molecule has 1 aliphatic rings. The fourth-order valence-electron chi connectivity index (χ4n) is 2.26. The van der Waals surface area contributed by atoms with E-state index in [0.717, 1.165) is 6.42 Å². The second-order valence-electron chi connectivity index (χ2n) is 5.00. The van der Waals surface area contributed by atoms with E-state index in [2.05, 4.69) is 20.7 Å². The van der Waals surface area contributed by atoms with E-state index < -0.39 is 10.0 Å². The Morgan fingerprint density at radius 1 is 1.52 bits per heavy atom. The number of rotatable bonds is 5. The minimum Gasteiger partial charge on any atom is -0.495 e. The molecule has 2 atom stereocenters. The van der Waals surface area contributed by atoms with Crippen LogP contribution in [0.5, 0.6) is 5.75 Å². The van der Waals surface area contributed by atoms with Crippen LogP contribution in [-0.4, -0.2) is 34.8 Å². The van der Waals surface area contributed by atoms with Gasteiger partial charge in [-0.25, -0.2) is 13.1 Å². The molecule has 8 heteroatoms. The Labute approximate surface area is 133 Å². The monoisotopic (exact) mass is 378 g/mol. The van der Waals surface area contributed by atoms with Crippen LogP contribution in [0.1, 0.15) is 13.3 Å². The van der Waals surface area contributed by atoms with Gasteiger partial charge in [0.15, 0.2) is 0 Å². The number of methoxy groups -OCH3 is 1. The summed E-state index contributed by atoms with van der Waals surface area (Å²) in [6.45, 7) is 2.95. The highest BCUT2D eigenvalue weighted by Gasteiger charge is 2.27. The van der Waals surface area contributed by atoms with Gasteiger partial charge < -0.3 is 15.2 Å². The second-order valence-corrected chi connectivity index (χ2v) is 7.59. The van der Waals surface area contributed by atoms with Crippen molar-refractivity contribution in [1.29, 1.82) is 0 Å². The lowest BCUT2D eigenvalue weighted by molar-refractivity contribution is 0.107. The number of nitrogen functional groups attached to an aromatic ring is 1. The summed E-state index contributed by atoms with van der Waals surface area (Å²) in [5.41, 5.74) is 6.11. The maximum Gasteiger partial charge on any atom is 0.244 e. The highest BCUT2D eigenvalue weighted by molar-refractivity contribution is 9.10. The van der Waals surface area contributed by atoms with Crippen molar-refractivity contribution in [1.82, 2.24) is 4.72 Å². The lowest BCUT2D eigenvalue weighted by Crippen LogP contribution is -2.32. The first-order chi connectivity index (χ1) is 9.85. The number of halogens is 1. The number of nitrogens with one attached hydrogen (secondary N) is 1. The molecule has 2 unspecified atom stereocenters. The van der Waals surface area contributed by atoms with Gasteiger partial charge in [0.2, 0.25) is 10.0 Å². The van der Waals surface area contributed by atoms with E-state index in [0.29, 0.717) is 23.3 Å². The Hall–Kier alpha value is -0.830. The molecule has 1 aliphatic heterocycles. The van der Waals surface area contributed by atoms with Crippen LogP contribution in [0.3, 0.4) is 0 Å². The van der Waals surface area contributed by atoms with E-state index in [9.17, 15) is 8.42 Å². The van der Waals surface area contributed by atoms with Crippen molar-refractivity contribution in [3.8, 4) is 5.75 Å². The van der Waals surface area contributed by atoms with Gasteiger partial charge in [0.1, 0.15) is 10.6 Å². The Kier molecular flexibility index (Phi) is 5.13. The fourth-order valence-corrected chi connectivity index (χ4v) is 3.86. The first-order valence-corrected chi connectivity index (χ1v) is 8.87. The van der Waals surface area contributed by atoms with Crippen LogP contribution < -0.4 is 15.2 Å². The zero-order valence-corrected chi connectivity index (χ0v) is 14.3. The van der Waals surface area contributed by atoms with Crippen LogP contribution >= 0.6 is 15.9 Å². The molecular formula is C13H19BrN2O4S. The molecule has 0 radical (unpaired) electrons. The predicted molar refractivity (Wildman–Crippen MR) is 83.8 cm³/mol. The van der Waals surface area contributed by atoms with Crippen LogP contribution in [0.15, 0.2) is 21.5 Å². The smallest absolute Gasteiger partial charge is 0.244 e. The van der Waals surface area contributed by atoms with E-state index in [1.165, 1.54) is 13.2 Å². The first kappa shape index (κ1) is 16.5. The van der Waals surface area contributed by atoms with E-state index in [4.69, 9.17) is 15.2 Å². The largest absolute Gasteiger partial charge is 0.495 e. The molecule has 1 aromatic rings. The maximum absolute atomic E-state index is 12.4. The first-order valence-electron chi connectivity index (χ1n) is 6.59. The molecule has 0 amide bonds. The zero-order chi connectivity index (χ0) is 15.6. The average molecular weight is 379 g/mol. The van der Waals surface area contributed by atoms with Gasteiger partial charge in [0.05, 0.1) is 13.2 Å². The minimum atomic E-state index is -3.68. The Morgan fingerprint density at radius 3 is 2.81 bits per heavy atom. The van der Waals surface area contributed by atoms with Gasteiger partial charge in [0, 0.05) is 29.2 Å². The zero-order valence-electron chi connectivity index (χ0n) is 11.9. The van der Waals surface area contributed by atoms with Crippen molar-refractivity contribution in [3.05, 3.63) is 16.6 Å². The Bertz CT molecular complexity index is 621. The summed E-state index contributed by atoms with van der Waals surface area (Å²) >= 11 is 3.25. The summed E-state index contributed by atoms with van der Waals surface area (Å²) in [5, 5.41) is 0. The van der Waals surface area contributed by atoms with Gasteiger partial charge in [-0.2, -0.15) is 0 Å². The highest BCUT2D eigenvalue weighted by atomic mass is 79.9. The molecule has 118 valence electrons. The molecular weight excluding hydrogens is 360 g/mol. The van der Waals surface area contributed by atoms with E-state index in [1.54, 1.807) is 6.07 Å². The van der Waals surface area contributed by atoms with Crippen molar-refractivity contribution < 1.29 is 17.9 Å². The molecule has 1 aromatic carbocycles. The van der Waals surface area contributed by atoms with Gasteiger partial charge in [0.25, 0.3) is 0 Å². The highest BCUT2D eigenvalue weighted by Crippen LogP contribution is 2.32. The van der Waals surface area contributed by atoms with E-state index in [1.807, 2.05) is 6.92 Å². The molecule has 0 spiro atoms. The molecule has 6 nitrogen and oxygen atoms in total. The Morgan fingerprint density at radius 2 is 2.24 bits per heavy atom. The average Bonchev–Trinajstić information content (AvgIpc) is 2.84. The number of sulfonamides is 1. The summed E-state index contributed by atoms with van der Waals surface area (Å²) in [6, 6.07) is 2.94. The number of hydrogen-bond donors (Lipinski definition) is 2. The van der Waals surface area contributed by atoms with Crippen molar-refractivity contribution in [2.24, 2.45) is 5.92 Å². The number of anilines is 1. The lowest BCUT2D eigenvalue weighted by Gasteiger charge is -2.16. The molecule has 1 fully saturated rings. The minimum absolute atomic E-state index is 0.0391. The van der Waals surface area contributed by atoms with Gasteiger partial charge in [-0.1, -0.05) is 0 Å². The fraction of sp³-hybridized carbons (Fsp3) is 0.538. The summed E-state index contributed by atoms with van der Waals surface area (Å²) in [4.78, 5) is 0.0391. The molecule has 1 saturated heterocycles. The van der Waals surface area contributed by atoms with Gasteiger partial charge in [-0.3, -0.25) is 0 Å². The summed E-state index contributed by atoms with van der Waals surface area (Å²) < 4.78 is 38.6. The lowest BCUT2D eigenvalue weighted by atomic mass is 10.0. The SMILES string of the molecule is COc1cc(Br)c(N)cc1S(=O)(=O)NCC1CCOC1C. The predicted octanol–water partition coefficient (Wildman–Crippen LogP) is 1.74. The van der Waals surface area contributed by atoms with E-state index in [-0.39, 0.29) is 22.7 Å². The Balaban J connectivity index is 2.21. The summed E-state index contributed by atoms with van der Waals surface area (Å²) in [6.07, 6.45) is 0.910. The topological polar surface area (TPSA) is 90.7 Å². The normalized spacial score (nSPS) is 22.4. The molecule has 3 N–H and O–H groups in total. The third-order valence-corrected chi connectivity index (χ3v) is 5.77.